The summed E-state index contributed by atoms with van der Waals surface area (Å²) >= 11 is 3.26. The molecule has 0 aromatic carbocycles. The summed E-state index contributed by atoms with van der Waals surface area (Å²) in [7, 11) is 0. The number of nitrogens with zero attached hydrogens (tertiary/aromatic N) is 1. The Morgan fingerprint density at radius 1 is 1.77 bits per heavy atom. The highest BCUT2D eigenvalue weighted by Crippen LogP contribution is 2.20. The summed E-state index contributed by atoms with van der Waals surface area (Å²) in [5, 5.41) is 11.5. The van der Waals surface area contributed by atoms with Gasteiger partial charge in [-0.1, -0.05) is 0 Å². The van der Waals surface area contributed by atoms with Crippen molar-refractivity contribution in [1.82, 2.24) is 4.98 Å². The predicted molar refractivity (Wildman–Crippen MR) is 52.7 cm³/mol. The lowest BCUT2D eigenvalue weighted by Gasteiger charge is -2.11. The maximum Gasteiger partial charge on any atom is 0.325 e. The Morgan fingerprint density at radius 2 is 2.46 bits per heavy atom. The van der Waals surface area contributed by atoms with Crippen LogP contribution in [0.4, 0.5) is 5.69 Å². The highest BCUT2D eigenvalue weighted by molar-refractivity contribution is 9.10. The van der Waals surface area contributed by atoms with Crippen LogP contribution in [0.5, 0.6) is 0 Å². The van der Waals surface area contributed by atoms with Gasteiger partial charge in [-0.25, -0.2) is 0 Å². The predicted octanol–water partition coefficient (Wildman–Crippen LogP) is 1.73. The molecule has 0 aliphatic carbocycles. The molecule has 0 radical (unpaired) electrons. The van der Waals surface area contributed by atoms with Crippen LogP contribution in [0, 0.1) is 0 Å². The number of nitrogens with one attached hydrogen (secondary N) is 1. The molecule has 0 aliphatic heterocycles. The minimum Gasteiger partial charge on any atom is -0.480 e. The summed E-state index contributed by atoms with van der Waals surface area (Å²) < 4.78 is 0.753. The molecule has 1 aromatic heterocycles. The second kappa shape index (κ2) is 4.23. The number of carbonyl (C=O) groups is 1. The molecule has 0 saturated heterocycles. The van der Waals surface area contributed by atoms with Gasteiger partial charge in [0.15, 0.2) is 0 Å². The second-order valence-electron chi connectivity index (χ2n) is 2.56. The zero-order valence-electron chi connectivity index (χ0n) is 6.99. The first-order chi connectivity index (χ1) is 6.11. The Kier molecular flexibility index (Phi) is 3.25. The Bertz CT molecular complexity index is 317. The summed E-state index contributed by atoms with van der Waals surface area (Å²) in [5.74, 6) is -0.885. The standard InChI is InChI=1S/C8H9BrN2O2/c1-5(8(12)13)11-7-2-3-10-4-6(7)9/h2-5H,1H3,(H,10,11)(H,12,13). The molecule has 1 aromatic rings. The molecule has 5 heteroatoms. The first-order valence-corrected chi connectivity index (χ1v) is 4.49. The molecule has 0 aliphatic rings. The summed E-state index contributed by atoms with van der Waals surface area (Å²) in [4.78, 5) is 14.4. The van der Waals surface area contributed by atoms with Crippen LogP contribution in [-0.2, 0) is 4.79 Å². The van der Waals surface area contributed by atoms with E-state index in [1.165, 1.54) is 0 Å². The van der Waals surface area contributed by atoms with E-state index in [-0.39, 0.29) is 0 Å². The smallest absolute Gasteiger partial charge is 0.325 e. The molecule has 2 N–H and O–H groups in total. The third-order valence-corrected chi connectivity index (χ3v) is 2.15. The fourth-order valence-electron chi connectivity index (χ4n) is 0.787. The van der Waals surface area contributed by atoms with Crippen molar-refractivity contribution < 1.29 is 9.90 Å². The summed E-state index contributed by atoms with van der Waals surface area (Å²) in [6.07, 6.45) is 3.21. The van der Waals surface area contributed by atoms with Crippen LogP contribution < -0.4 is 5.32 Å². The first-order valence-electron chi connectivity index (χ1n) is 3.70. The highest BCUT2D eigenvalue weighted by Gasteiger charge is 2.11. The normalized spacial score (nSPS) is 12.2. The van der Waals surface area contributed by atoms with Gasteiger partial charge in [0.05, 0.1) is 10.2 Å². The van der Waals surface area contributed by atoms with Gasteiger partial charge >= 0.3 is 5.97 Å². The molecule has 0 fully saturated rings. The van der Waals surface area contributed by atoms with Crippen molar-refractivity contribution >= 4 is 27.6 Å². The van der Waals surface area contributed by atoms with Crippen molar-refractivity contribution in [2.75, 3.05) is 5.32 Å². The maximum absolute atomic E-state index is 10.5. The van der Waals surface area contributed by atoms with Gasteiger partial charge in [0.1, 0.15) is 6.04 Å². The summed E-state index contributed by atoms with van der Waals surface area (Å²) in [5.41, 5.74) is 0.727. The van der Waals surface area contributed by atoms with Gasteiger partial charge in [0.2, 0.25) is 0 Å². The van der Waals surface area contributed by atoms with E-state index in [1.807, 2.05) is 0 Å². The van der Waals surface area contributed by atoms with Crippen molar-refractivity contribution in [2.45, 2.75) is 13.0 Å². The number of aromatic nitrogens is 1. The van der Waals surface area contributed by atoms with E-state index >= 15 is 0 Å². The van der Waals surface area contributed by atoms with Gasteiger partial charge < -0.3 is 10.4 Å². The van der Waals surface area contributed by atoms with Gasteiger partial charge in [0.25, 0.3) is 0 Å². The molecule has 13 heavy (non-hydrogen) atoms. The Hall–Kier alpha value is -1.10. The molecular formula is C8H9BrN2O2. The molecule has 1 unspecified atom stereocenters. The van der Waals surface area contributed by atoms with Crippen LogP contribution in [0.25, 0.3) is 0 Å². The van der Waals surface area contributed by atoms with Crippen LogP contribution in [0.2, 0.25) is 0 Å². The molecule has 1 rings (SSSR count). The van der Waals surface area contributed by atoms with Crippen molar-refractivity contribution in [3.05, 3.63) is 22.9 Å². The van der Waals surface area contributed by atoms with Gasteiger partial charge in [-0.2, -0.15) is 0 Å². The fraction of sp³-hybridized carbons (Fsp3) is 0.250. The Labute approximate surface area is 84.1 Å². The number of halogens is 1. The zero-order chi connectivity index (χ0) is 9.84. The van der Waals surface area contributed by atoms with Crippen LogP contribution in [0.1, 0.15) is 6.92 Å². The van der Waals surface area contributed by atoms with Crippen LogP contribution in [0.3, 0.4) is 0 Å². The molecular weight excluding hydrogens is 236 g/mol. The molecule has 0 amide bonds. The van der Waals surface area contributed by atoms with Gasteiger partial charge in [-0.05, 0) is 28.9 Å². The van der Waals surface area contributed by atoms with E-state index in [0.29, 0.717) is 0 Å². The quantitative estimate of drug-likeness (QED) is 0.851. The van der Waals surface area contributed by atoms with Gasteiger partial charge in [-0.3, -0.25) is 9.78 Å². The molecule has 1 atom stereocenters. The number of hydrogen-bond acceptors (Lipinski definition) is 3. The number of pyridine rings is 1. The second-order valence-corrected chi connectivity index (χ2v) is 3.41. The summed E-state index contributed by atoms with van der Waals surface area (Å²) in [6, 6.07) is 1.10. The number of rotatable bonds is 3. The lowest BCUT2D eigenvalue weighted by Crippen LogP contribution is -2.25. The zero-order valence-corrected chi connectivity index (χ0v) is 8.58. The highest BCUT2D eigenvalue weighted by atomic mass is 79.9. The van der Waals surface area contributed by atoms with E-state index in [9.17, 15) is 4.79 Å². The fourth-order valence-corrected chi connectivity index (χ4v) is 1.15. The lowest BCUT2D eigenvalue weighted by molar-refractivity contribution is -0.137. The van der Waals surface area contributed by atoms with Crippen LogP contribution in [-0.4, -0.2) is 22.1 Å². The molecule has 70 valence electrons. The molecule has 0 saturated carbocycles. The number of carboxylic acids is 1. The summed E-state index contributed by atoms with van der Waals surface area (Å²) in [6.45, 7) is 1.58. The average molecular weight is 245 g/mol. The Balaban J connectivity index is 2.74. The van der Waals surface area contributed by atoms with Crippen LogP contribution >= 0.6 is 15.9 Å². The lowest BCUT2D eigenvalue weighted by atomic mass is 10.3. The minimum atomic E-state index is -0.885. The van der Waals surface area contributed by atoms with Gasteiger partial charge in [0, 0.05) is 12.4 Å². The molecule has 0 spiro atoms. The largest absolute Gasteiger partial charge is 0.480 e. The molecule has 0 bridgehead atoms. The van der Waals surface area contributed by atoms with Crippen molar-refractivity contribution in [3.8, 4) is 0 Å². The monoisotopic (exact) mass is 244 g/mol. The van der Waals surface area contributed by atoms with Gasteiger partial charge in [-0.15, -0.1) is 0 Å². The number of anilines is 1. The first kappa shape index (κ1) is 9.98. The van der Waals surface area contributed by atoms with E-state index in [4.69, 9.17) is 5.11 Å². The van der Waals surface area contributed by atoms with Crippen molar-refractivity contribution in [3.63, 3.8) is 0 Å². The minimum absolute atomic E-state index is 0.612. The number of carboxylic acid groups (broad SMARTS) is 1. The third kappa shape index (κ3) is 2.69. The Morgan fingerprint density at radius 3 is 3.00 bits per heavy atom. The van der Waals surface area contributed by atoms with E-state index in [1.54, 1.807) is 25.4 Å². The SMILES string of the molecule is CC(Nc1ccncc1Br)C(=O)O. The van der Waals surface area contributed by atoms with E-state index in [2.05, 4.69) is 26.2 Å². The average Bonchev–Trinajstić information content (AvgIpc) is 2.08. The van der Waals surface area contributed by atoms with Crippen LogP contribution in [0.15, 0.2) is 22.9 Å². The number of hydrogen-bond donors (Lipinski definition) is 2. The topological polar surface area (TPSA) is 62.2 Å². The molecule has 4 nitrogen and oxygen atoms in total. The van der Waals surface area contributed by atoms with Crippen molar-refractivity contribution in [2.24, 2.45) is 0 Å². The molecule has 1 heterocycles. The number of aliphatic carboxylic acids is 1. The van der Waals surface area contributed by atoms with E-state index < -0.39 is 12.0 Å². The maximum atomic E-state index is 10.5. The third-order valence-electron chi connectivity index (χ3n) is 1.51. The van der Waals surface area contributed by atoms with Crippen molar-refractivity contribution in [1.29, 1.82) is 0 Å². The van der Waals surface area contributed by atoms with E-state index in [0.717, 1.165) is 10.2 Å².